The van der Waals surface area contributed by atoms with E-state index in [0.717, 1.165) is 25.7 Å². The first-order chi connectivity index (χ1) is 8.22. The molecular weight excluding hydrogens is 222 g/mol. The van der Waals surface area contributed by atoms with Crippen LogP contribution in [0.4, 0.5) is 0 Å². The average Bonchev–Trinajstić information content (AvgIpc) is 2.39. The molecule has 5 nitrogen and oxygen atoms in total. The lowest BCUT2D eigenvalue weighted by molar-refractivity contribution is -0.152. The Hall–Kier alpha value is -1.10. The quantitative estimate of drug-likeness (QED) is 0.675. The Morgan fingerprint density at radius 3 is 2.65 bits per heavy atom. The second kappa shape index (κ2) is 5.49. The monoisotopic (exact) mass is 241 g/mol. The van der Waals surface area contributed by atoms with E-state index in [4.69, 9.17) is 9.47 Å². The van der Waals surface area contributed by atoms with Gasteiger partial charge in [-0.05, 0) is 25.7 Å². The van der Waals surface area contributed by atoms with Crippen molar-refractivity contribution in [3.63, 3.8) is 0 Å². The fraction of sp³-hybridized carbons (Fsp3) is 0.833. The van der Waals surface area contributed by atoms with Gasteiger partial charge in [-0.25, -0.2) is 0 Å². The summed E-state index contributed by atoms with van der Waals surface area (Å²) in [4.78, 5) is 24.9. The predicted octanol–water partition coefficient (Wildman–Crippen LogP) is 0.925. The highest BCUT2D eigenvalue weighted by Crippen LogP contribution is 2.29. The normalized spacial score (nSPS) is 30.2. The summed E-state index contributed by atoms with van der Waals surface area (Å²) in [5.41, 5.74) is 0. The van der Waals surface area contributed by atoms with Gasteiger partial charge in [0.25, 0.3) is 0 Å². The molecule has 0 unspecified atom stereocenters. The summed E-state index contributed by atoms with van der Waals surface area (Å²) in [7, 11) is 1.43. The van der Waals surface area contributed by atoms with Gasteiger partial charge in [0.2, 0.25) is 5.91 Å². The van der Waals surface area contributed by atoms with Crippen molar-refractivity contribution in [3.8, 4) is 0 Å². The largest absolute Gasteiger partial charge is 0.469 e. The second-order valence-electron chi connectivity index (χ2n) is 4.68. The van der Waals surface area contributed by atoms with Crippen molar-refractivity contribution in [2.75, 3.05) is 20.4 Å². The number of nitrogens with zero attached hydrogens (tertiary/aromatic N) is 1. The van der Waals surface area contributed by atoms with E-state index in [2.05, 4.69) is 0 Å². The SMILES string of the molecule is COC(=O)C1CCC(N2COCCC2=O)CC1. The topological polar surface area (TPSA) is 55.8 Å². The zero-order valence-corrected chi connectivity index (χ0v) is 10.2. The van der Waals surface area contributed by atoms with E-state index < -0.39 is 0 Å². The molecule has 0 atom stereocenters. The minimum absolute atomic E-state index is 0.0112. The third-order valence-electron chi connectivity index (χ3n) is 3.68. The van der Waals surface area contributed by atoms with Crippen molar-refractivity contribution in [1.82, 2.24) is 4.90 Å². The summed E-state index contributed by atoms with van der Waals surface area (Å²) < 4.78 is 10.1. The molecule has 2 rings (SSSR count). The number of carbonyl (C=O) groups excluding carboxylic acids is 2. The van der Waals surface area contributed by atoms with E-state index in [9.17, 15) is 9.59 Å². The van der Waals surface area contributed by atoms with Gasteiger partial charge in [-0.3, -0.25) is 9.59 Å². The van der Waals surface area contributed by atoms with Crippen LogP contribution >= 0.6 is 0 Å². The van der Waals surface area contributed by atoms with Crippen molar-refractivity contribution in [3.05, 3.63) is 0 Å². The molecule has 1 aliphatic carbocycles. The van der Waals surface area contributed by atoms with Gasteiger partial charge in [-0.1, -0.05) is 0 Å². The zero-order valence-electron chi connectivity index (χ0n) is 10.2. The van der Waals surface area contributed by atoms with E-state index in [1.54, 1.807) is 0 Å². The van der Waals surface area contributed by atoms with Gasteiger partial charge in [0, 0.05) is 6.04 Å². The Labute approximate surface area is 101 Å². The fourth-order valence-electron chi connectivity index (χ4n) is 2.64. The number of methoxy groups -OCH3 is 1. The molecule has 1 amide bonds. The number of carbonyl (C=O) groups is 2. The third kappa shape index (κ3) is 2.77. The minimum Gasteiger partial charge on any atom is -0.469 e. The van der Waals surface area contributed by atoms with Crippen molar-refractivity contribution >= 4 is 11.9 Å². The summed E-state index contributed by atoms with van der Waals surface area (Å²) in [5.74, 6) is 0.0690. The Kier molecular flexibility index (Phi) is 3.99. The molecule has 96 valence electrons. The first-order valence-corrected chi connectivity index (χ1v) is 6.17. The maximum absolute atomic E-state index is 11.7. The van der Waals surface area contributed by atoms with Crippen LogP contribution in [0.15, 0.2) is 0 Å². The smallest absolute Gasteiger partial charge is 0.308 e. The summed E-state index contributed by atoms with van der Waals surface area (Å²) >= 11 is 0. The summed E-state index contributed by atoms with van der Waals surface area (Å²) in [6, 6.07) is 0.240. The molecule has 0 N–H and O–H groups in total. The van der Waals surface area contributed by atoms with Gasteiger partial charge in [0.1, 0.15) is 6.73 Å². The van der Waals surface area contributed by atoms with E-state index in [1.165, 1.54) is 7.11 Å². The average molecular weight is 241 g/mol. The fourth-order valence-corrected chi connectivity index (χ4v) is 2.64. The number of ether oxygens (including phenoxy) is 2. The molecule has 0 spiro atoms. The molecule has 1 saturated heterocycles. The Balaban J connectivity index is 1.86. The molecule has 0 radical (unpaired) electrons. The molecule has 2 aliphatic rings. The van der Waals surface area contributed by atoms with E-state index in [-0.39, 0.29) is 23.8 Å². The number of esters is 1. The second-order valence-corrected chi connectivity index (χ2v) is 4.68. The van der Waals surface area contributed by atoms with Crippen LogP contribution < -0.4 is 0 Å². The summed E-state index contributed by atoms with van der Waals surface area (Å²) in [6.07, 6.45) is 3.84. The number of hydrogen-bond donors (Lipinski definition) is 0. The predicted molar refractivity (Wildman–Crippen MR) is 60.0 cm³/mol. The number of rotatable bonds is 2. The number of hydrogen-bond acceptors (Lipinski definition) is 4. The molecule has 1 heterocycles. The molecule has 2 fully saturated rings. The molecule has 0 aromatic rings. The molecule has 1 saturated carbocycles. The van der Waals surface area contributed by atoms with Gasteiger partial charge in [0.15, 0.2) is 0 Å². The molecule has 5 heteroatoms. The van der Waals surface area contributed by atoms with E-state index in [0.29, 0.717) is 19.8 Å². The van der Waals surface area contributed by atoms with Crippen molar-refractivity contribution in [1.29, 1.82) is 0 Å². The summed E-state index contributed by atoms with van der Waals surface area (Å²) in [5, 5.41) is 0. The summed E-state index contributed by atoms with van der Waals surface area (Å²) in [6.45, 7) is 0.944. The van der Waals surface area contributed by atoms with Crippen molar-refractivity contribution < 1.29 is 19.1 Å². The standard InChI is InChI=1S/C12H19NO4/c1-16-12(15)9-2-4-10(5-3-9)13-8-17-7-6-11(13)14/h9-10H,2-8H2,1H3. The van der Waals surface area contributed by atoms with Gasteiger partial charge in [-0.2, -0.15) is 0 Å². The van der Waals surface area contributed by atoms with Gasteiger partial charge in [-0.15, -0.1) is 0 Å². The van der Waals surface area contributed by atoms with Crippen LogP contribution in [0.5, 0.6) is 0 Å². The Bertz CT molecular complexity index is 297. The van der Waals surface area contributed by atoms with Crippen molar-refractivity contribution in [2.24, 2.45) is 5.92 Å². The van der Waals surface area contributed by atoms with Crippen LogP contribution in [0.2, 0.25) is 0 Å². The molecule has 0 aromatic heterocycles. The lowest BCUT2D eigenvalue weighted by Crippen LogP contribution is -2.47. The first kappa shape index (κ1) is 12.4. The Morgan fingerprint density at radius 2 is 2.06 bits per heavy atom. The van der Waals surface area contributed by atoms with Crippen LogP contribution in [0.25, 0.3) is 0 Å². The molecular formula is C12H19NO4. The maximum atomic E-state index is 11.7. The highest BCUT2D eigenvalue weighted by atomic mass is 16.5. The molecule has 0 bridgehead atoms. The highest BCUT2D eigenvalue weighted by molar-refractivity contribution is 5.77. The van der Waals surface area contributed by atoms with Gasteiger partial charge < -0.3 is 14.4 Å². The van der Waals surface area contributed by atoms with Gasteiger partial charge in [0.05, 0.1) is 26.1 Å². The van der Waals surface area contributed by atoms with Crippen LogP contribution in [-0.4, -0.2) is 43.3 Å². The minimum atomic E-state index is -0.121. The first-order valence-electron chi connectivity index (χ1n) is 6.17. The van der Waals surface area contributed by atoms with Crippen molar-refractivity contribution in [2.45, 2.75) is 38.1 Å². The Morgan fingerprint density at radius 1 is 1.35 bits per heavy atom. The molecule has 0 aromatic carbocycles. The maximum Gasteiger partial charge on any atom is 0.308 e. The number of amides is 1. The van der Waals surface area contributed by atoms with Crippen LogP contribution in [0.3, 0.4) is 0 Å². The van der Waals surface area contributed by atoms with Crippen LogP contribution in [0.1, 0.15) is 32.1 Å². The lowest BCUT2D eigenvalue weighted by atomic mass is 9.85. The third-order valence-corrected chi connectivity index (χ3v) is 3.68. The molecule has 1 aliphatic heterocycles. The van der Waals surface area contributed by atoms with Gasteiger partial charge >= 0.3 is 5.97 Å². The van der Waals surface area contributed by atoms with Crippen LogP contribution in [-0.2, 0) is 19.1 Å². The highest BCUT2D eigenvalue weighted by Gasteiger charge is 2.33. The van der Waals surface area contributed by atoms with E-state index >= 15 is 0 Å². The zero-order chi connectivity index (χ0) is 12.3. The van der Waals surface area contributed by atoms with Crippen LogP contribution in [0, 0.1) is 5.92 Å². The van der Waals surface area contributed by atoms with E-state index in [1.807, 2.05) is 4.90 Å². The lowest BCUT2D eigenvalue weighted by Gasteiger charge is -2.37. The molecule has 17 heavy (non-hydrogen) atoms.